The molecule has 0 bridgehead atoms. The van der Waals surface area contributed by atoms with Crippen molar-refractivity contribution in [3.63, 3.8) is 0 Å². The molecule has 0 radical (unpaired) electrons. The highest BCUT2D eigenvalue weighted by Gasteiger charge is 2.42. The molecule has 1 unspecified atom stereocenters. The minimum Gasteiger partial charge on any atom is -0.489 e. The zero-order valence-electron chi connectivity index (χ0n) is 21.5. The van der Waals surface area contributed by atoms with Crippen molar-refractivity contribution in [2.24, 2.45) is 11.3 Å². The second-order valence-electron chi connectivity index (χ2n) is 11.0. The number of hydrogen-bond donors (Lipinski definition) is 1. The molecular weight excluding hydrogens is 448 g/mol. The van der Waals surface area contributed by atoms with Gasteiger partial charge in [-0.1, -0.05) is 63.3 Å². The zero-order chi connectivity index (χ0) is 25.4. The van der Waals surface area contributed by atoms with E-state index < -0.39 is 6.04 Å². The topological polar surface area (TPSA) is 58.6 Å². The number of fused-ring (bicyclic) bond motifs is 1. The van der Waals surface area contributed by atoms with Crippen molar-refractivity contribution < 1.29 is 14.3 Å². The fourth-order valence-electron chi connectivity index (χ4n) is 5.44. The number of nitrogens with one attached hydrogen (secondary N) is 1. The summed E-state index contributed by atoms with van der Waals surface area (Å²) in [5, 5.41) is 3.53. The van der Waals surface area contributed by atoms with Crippen LogP contribution in [0.15, 0.2) is 83.6 Å². The summed E-state index contributed by atoms with van der Waals surface area (Å²) in [4.78, 5) is 28.5. The van der Waals surface area contributed by atoms with E-state index in [2.05, 4.69) is 44.3 Å². The number of Topliss-reactive ketones (excluding diaryl/α,β-unsaturated/α-hetero) is 1. The Labute approximate surface area is 213 Å². The Morgan fingerprint density at radius 3 is 2.56 bits per heavy atom. The Balaban J connectivity index is 1.52. The highest BCUT2D eigenvalue weighted by molar-refractivity contribution is 6.05. The van der Waals surface area contributed by atoms with E-state index in [-0.39, 0.29) is 17.1 Å². The predicted octanol–water partition coefficient (Wildman–Crippen LogP) is 6.75. The van der Waals surface area contributed by atoms with Crippen molar-refractivity contribution >= 4 is 23.1 Å². The molecule has 186 valence electrons. The molecule has 1 aliphatic heterocycles. The maximum absolute atomic E-state index is 13.6. The molecular formula is C31H34N2O3. The fraction of sp³-hybridized carbons (Fsp3) is 0.355. The zero-order valence-corrected chi connectivity index (χ0v) is 21.5. The Morgan fingerprint density at radius 1 is 1.11 bits per heavy atom. The number of benzene rings is 2. The van der Waals surface area contributed by atoms with Crippen molar-refractivity contribution in [1.29, 1.82) is 0 Å². The van der Waals surface area contributed by atoms with Crippen molar-refractivity contribution in [2.75, 3.05) is 16.8 Å². The van der Waals surface area contributed by atoms with Gasteiger partial charge in [0, 0.05) is 24.6 Å². The SMILES string of the molecule is CC(=O)N1c2ccccc2NC2=C(C(=O)CC(C)(C)C2)[C@H]1c1ccc(OCC2=CCC(C)C=C2)cc1. The maximum atomic E-state index is 13.6. The van der Waals surface area contributed by atoms with Gasteiger partial charge in [0.1, 0.15) is 12.4 Å². The summed E-state index contributed by atoms with van der Waals surface area (Å²) in [7, 11) is 0. The normalized spacial score (nSPS) is 22.7. The van der Waals surface area contributed by atoms with Gasteiger partial charge in [0.2, 0.25) is 5.91 Å². The molecule has 2 aromatic rings. The van der Waals surface area contributed by atoms with Crippen LogP contribution in [0.1, 0.15) is 58.6 Å². The van der Waals surface area contributed by atoms with Gasteiger partial charge in [0.25, 0.3) is 0 Å². The van der Waals surface area contributed by atoms with Crippen LogP contribution in [-0.4, -0.2) is 18.3 Å². The number of carbonyl (C=O) groups excluding carboxylic acids is 2. The van der Waals surface area contributed by atoms with Gasteiger partial charge in [-0.05, 0) is 59.6 Å². The largest absolute Gasteiger partial charge is 0.489 e. The second-order valence-corrected chi connectivity index (χ2v) is 11.0. The van der Waals surface area contributed by atoms with Gasteiger partial charge in [-0.2, -0.15) is 0 Å². The lowest BCUT2D eigenvalue weighted by atomic mass is 9.73. The third-order valence-corrected chi connectivity index (χ3v) is 7.23. The van der Waals surface area contributed by atoms with Gasteiger partial charge < -0.3 is 10.1 Å². The van der Waals surface area contributed by atoms with Gasteiger partial charge >= 0.3 is 0 Å². The van der Waals surface area contributed by atoms with Gasteiger partial charge in [0.05, 0.1) is 17.4 Å². The molecule has 36 heavy (non-hydrogen) atoms. The summed E-state index contributed by atoms with van der Waals surface area (Å²) in [5.74, 6) is 1.32. The highest BCUT2D eigenvalue weighted by atomic mass is 16.5. The van der Waals surface area contributed by atoms with Gasteiger partial charge in [-0.25, -0.2) is 0 Å². The minimum atomic E-state index is -0.503. The lowest BCUT2D eigenvalue weighted by Crippen LogP contribution is -2.38. The summed E-state index contributed by atoms with van der Waals surface area (Å²) in [6.45, 7) is 8.53. The first-order chi connectivity index (χ1) is 17.2. The van der Waals surface area contributed by atoms with E-state index in [9.17, 15) is 9.59 Å². The third kappa shape index (κ3) is 4.75. The first-order valence-corrected chi connectivity index (χ1v) is 12.7. The lowest BCUT2D eigenvalue weighted by Gasteiger charge is -2.36. The molecule has 0 saturated heterocycles. The van der Waals surface area contributed by atoms with Crippen molar-refractivity contribution in [3.05, 3.63) is 89.2 Å². The van der Waals surface area contributed by atoms with Crippen LogP contribution < -0.4 is 15.0 Å². The lowest BCUT2D eigenvalue weighted by molar-refractivity contribution is -0.118. The molecule has 5 rings (SSSR count). The molecule has 2 atom stereocenters. The summed E-state index contributed by atoms with van der Waals surface area (Å²) in [6, 6.07) is 15.1. The van der Waals surface area contributed by atoms with Crippen molar-refractivity contribution in [1.82, 2.24) is 0 Å². The molecule has 1 amide bonds. The van der Waals surface area contributed by atoms with Crippen LogP contribution in [0.2, 0.25) is 0 Å². The number of amides is 1. The third-order valence-electron chi connectivity index (χ3n) is 7.23. The molecule has 0 saturated carbocycles. The number of carbonyl (C=O) groups is 2. The highest BCUT2D eigenvalue weighted by Crippen LogP contribution is 2.48. The monoisotopic (exact) mass is 482 g/mol. The molecule has 0 spiro atoms. The molecule has 1 heterocycles. The molecule has 5 nitrogen and oxygen atoms in total. The first-order valence-electron chi connectivity index (χ1n) is 12.7. The van der Waals surface area contributed by atoms with Crippen LogP contribution in [-0.2, 0) is 9.59 Å². The maximum Gasteiger partial charge on any atom is 0.224 e. The van der Waals surface area contributed by atoms with Crippen LogP contribution in [0.4, 0.5) is 11.4 Å². The Kier molecular flexibility index (Phi) is 6.33. The number of ether oxygens (including phenoxy) is 1. The number of anilines is 2. The van der Waals surface area contributed by atoms with Gasteiger partial charge in [-0.3, -0.25) is 14.5 Å². The number of nitrogens with zero attached hydrogens (tertiary/aromatic N) is 1. The molecule has 2 aromatic carbocycles. The van der Waals surface area contributed by atoms with E-state index in [1.807, 2.05) is 48.5 Å². The molecule has 0 fully saturated rings. The second kappa shape index (κ2) is 9.45. The average Bonchev–Trinajstić information content (AvgIpc) is 2.97. The van der Waals surface area contributed by atoms with E-state index >= 15 is 0 Å². The van der Waals surface area contributed by atoms with Crippen LogP contribution in [0.25, 0.3) is 0 Å². The summed E-state index contributed by atoms with van der Waals surface area (Å²) >= 11 is 0. The van der Waals surface area contributed by atoms with Crippen LogP contribution in [0.3, 0.4) is 0 Å². The standard InChI is InChI=1S/C31H34N2O3/c1-20-9-11-22(12-10-20)19-36-24-15-13-23(14-16-24)30-29-26(17-31(3,4)18-28(29)35)32-25-7-5-6-8-27(25)33(30)21(2)34/h5-9,11-16,20,30,32H,10,17-19H2,1-4H3/t20?,30-/m1/s1. The van der Waals surface area contributed by atoms with Crippen molar-refractivity contribution in [2.45, 2.75) is 53.0 Å². The predicted molar refractivity (Wildman–Crippen MR) is 144 cm³/mol. The number of allylic oxidation sites excluding steroid dienone is 3. The molecule has 5 heteroatoms. The Bertz CT molecular complexity index is 1280. The molecule has 1 N–H and O–H groups in total. The quantitative estimate of drug-likeness (QED) is 0.524. The average molecular weight is 483 g/mol. The number of para-hydroxylation sites is 2. The van der Waals surface area contributed by atoms with Crippen molar-refractivity contribution in [3.8, 4) is 5.75 Å². The molecule has 3 aliphatic rings. The molecule has 0 aromatic heterocycles. The van der Waals surface area contributed by atoms with E-state index in [1.165, 1.54) is 5.57 Å². The van der Waals surface area contributed by atoms with Gasteiger partial charge in [-0.15, -0.1) is 0 Å². The summed E-state index contributed by atoms with van der Waals surface area (Å²) < 4.78 is 6.04. The minimum absolute atomic E-state index is 0.0865. The number of rotatable bonds is 4. The number of ketones is 1. The van der Waals surface area contributed by atoms with E-state index in [0.717, 1.165) is 41.2 Å². The van der Waals surface area contributed by atoms with Crippen LogP contribution in [0, 0.1) is 11.3 Å². The smallest absolute Gasteiger partial charge is 0.224 e. The fourth-order valence-corrected chi connectivity index (χ4v) is 5.44. The number of hydrogen-bond acceptors (Lipinski definition) is 4. The summed E-state index contributed by atoms with van der Waals surface area (Å²) in [5.41, 5.74) is 5.13. The van der Waals surface area contributed by atoms with Crippen LogP contribution >= 0.6 is 0 Å². The first kappa shape index (κ1) is 24.1. The van der Waals surface area contributed by atoms with E-state index in [4.69, 9.17) is 4.74 Å². The summed E-state index contributed by atoms with van der Waals surface area (Å²) in [6.07, 6.45) is 8.80. The van der Waals surface area contributed by atoms with E-state index in [1.54, 1.807) is 11.8 Å². The van der Waals surface area contributed by atoms with E-state index in [0.29, 0.717) is 24.5 Å². The van der Waals surface area contributed by atoms with Crippen LogP contribution in [0.5, 0.6) is 5.75 Å². The Hall–Kier alpha value is -3.60. The van der Waals surface area contributed by atoms with Gasteiger partial charge in [0.15, 0.2) is 5.78 Å². The molecule has 2 aliphatic carbocycles. The Morgan fingerprint density at radius 2 is 1.86 bits per heavy atom.